The van der Waals surface area contributed by atoms with Crippen molar-refractivity contribution in [1.82, 2.24) is 9.13 Å². The van der Waals surface area contributed by atoms with Gasteiger partial charge in [-0.1, -0.05) is 65.7 Å². The Morgan fingerprint density at radius 2 is 1.47 bits per heavy atom. The number of rotatable bonds is 6. The number of carbonyl (C=O) groups is 1. The molecule has 0 unspecified atom stereocenters. The van der Waals surface area contributed by atoms with Crippen molar-refractivity contribution >= 4 is 22.5 Å². The molecule has 0 radical (unpaired) electrons. The standard InChI is InChI=1S/C32H29N3O3/c1-21-9-14-26(15-10-21)33-30(36)19-24-12-16-27(17-13-24)35-31(37)28-6-4-5-7-29(28)34(32(35)38)20-25-18-22(2)8-11-23(25)3/h4-18H,19-20H2,1-3H3,(H,33,36). The number of hydrogen-bond donors (Lipinski definition) is 1. The summed E-state index contributed by atoms with van der Waals surface area (Å²) in [7, 11) is 0. The number of aromatic nitrogens is 2. The third-order valence-corrected chi connectivity index (χ3v) is 6.78. The molecule has 0 aliphatic heterocycles. The van der Waals surface area contributed by atoms with Crippen LogP contribution >= 0.6 is 0 Å². The van der Waals surface area contributed by atoms with Crippen LogP contribution in [0.1, 0.15) is 27.8 Å². The second-order valence-electron chi connectivity index (χ2n) is 9.71. The minimum absolute atomic E-state index is 0.139. The molecule has 0 saturated carbocycles. The monoisotopic (exact) mass is 503 g/mol. The third kappa shape index (κ3) is 5.06. The van der Waals surface area contributed by atoms with Crippen LogP contribution in [-0.2, 0) is 17.8 Å². The van der Waals surface area contributed by atoms with Crippen molar-refractivity contribution in [3.63, 3.8) is 0 Å². The summed E-state index contributed by atoms with van der Waals surface area (Å²) in [6.07, 6.45) is 0.178. The van der Waals surface area contributed by atoms with E-state index in [1.165, 1.54) is 4.57 Å². The number of carbonyl (C=O) groups excluding carboxylic acids is 1. The SMILES string of the molecule is Cc1ccc(NC(=O)Cc2ccc(-n3c(=O)c4ccccc4n(Cc4cc(C)ccc4C)c3=O)cc2)cc1. The predicted octanol–water partition coefficient (Wildman–Crippen LogP) is 5.31. The summed E-state index contributed by atoms with van der Waals surface area (Å²) in [4.78, 5) is 39.7. The fraction of sp³-hybridized carbons (Fsp3) is 0.156. The normalized spacial score (nSPS) is 11.0. The van der Waals surface area contributed by atoms with Crippen molar-refractivity contribution in [3.8, 4) is 5.69 Å². The molecule has 4 aromatic carbocycles. The van der Waals surface area contributed by atoms with Gasteiger partial charge in [-0.15, -0.1) is 0 Å². The average Bonchev–Trinajstić information content (AvgIpc) is 2.91. The average molecular weight is 504 g/mol. The summed E-state index contributed by atoms with van der Waals surface area (Å²) in [5, 5.41) is 3.37. The lowest BCUT2D eigenvalue weighted by Crippen LogP contribution is -2.39. The highest BCUT2D eigenvalue weighted by Crippen LogP contribution is 2.17. The molecule has 0 atom stereocenters. The van der Waals surface area contributed by atoms with Gasteiger partial charge in [0.25, 0.3) is 5.56 Å². The van der Waals surface area contributed by atoms with Gasteiger partial charge in [-0.25, -0.2) is 9.36 Å². The van der Waals surface area contributed by atoms with E-state index in [-0.39, 0.29) is 17.9 Å². The maximum atomic E-state index is 13.8. The topological polar surface area (TPSA) is 73.1 Å². The van der Waals surface area contributed by atoms with Crippen molar-refractivity contribution in [2.75, 3.05) is 5.32 Å². The molecule has 0 saturated heterocycles. The van der Waals surface area contributed by atoms with Crippen LogP contribution in [0.5, 0.6) is 0 Å². The predicted molar refractivity (Wildman–Crippen MR) is 152 cm³/mol. The lowest BCUT2D eigenvalue weighted by atomic mass is 10.1. The molecular formula is C32H29N3O3. The molecule has 0 fully saturated rings. The zero-order valence-electron chi connectivity index (χ0n) is 21.7. The van der Waals surface area contributed by atoms with Gasteiger partial charge in [-0.3, -0.25) is 14.2 Å². The van der Waals surface area contributed by atoms with E-state index in [9.17, 15) is 14.4 Å². The molecule has 1 amide bonds. The molecular weight excluding hydrogens is 474 g/mol. The van der Waals surface area contributed by atoms with Gasteiger partial charge in [-0.05, 0) is 73.9 Å². The van der Waals surface area contributed by atoms with Crippen LogP contribution in [-0.4, -0.2) is 15.0 Å². The Balaban J connectivity index is 1.49. The van der Waals surface area contributed by atoms with Crippen molar-refractivity contribution in [2.24, 2.45) is 0 Å². The Morgan fingerprint density at radius 1 is 0.789 bits per heavy atom. The molecule has 1 heterocycles. The number of amides is 1. The number of anilines is 1. The molecule has 1 aromatic heterocycles. The highest BCUT2D eigenvalue weighted by atomic mass is 16.2. The Bertz CT molecular complexity index is 1760. The smallest absolute Gasteiger partial charge is 0.326 e. The van der Waals surface area contributed by atoms with E-state index in [0.29, 0.717) is 23.1 Å². The first-order valence-corrected chi connectivity index (χ1v) is 12.6. The molecule has 0 aliphatic carbocycles. The number of nitrogens with zero attached hydrogens (tertiary/aromatic N) is 2. The lowest BCUT2D eigenvalue weighted by molar-refractivity contribution is -0.115. The third-order valence-electron chi connectivity index (χ3n) is 6.78. The minimum atomic E-state index is -0.403. The Morgan fingerprint density at radius 3 is 2.21 bits per heavy atom. The molecule has 38 heavy (non-hydrogen) atoms. The van der Waals surface area contributed by atoms with E-state index < -0.39 is 5.69 Å². The van der Waals surface area contributed by atoms with E-state index >= 15 is 0 Å². The van der Waals surface area contributed by atoms with Crippen molar-refractivity contribution in [3.05, 3.63) is 140 Å². The Labute approximate surface area is 220 Å². The number of benzene rings is 4. The maximum Gasteiger partial charge on any atom is 0.336 e. The first-order chi connectivity index (χ1) is 18.3. The molecule has 0 aliphatic rings. The van der Waals surface area contributed by atoms with Gasteiger partial charge in [-0.2, -0.15) is 0 Å². The number of nitrogens with one attached hydrogen (secondary N) is 1. The summed E-state index contributed by atoms with van der Waals surface area (Å²) in [5.41, 5.74) is 6.15. The number of aryl methyl sites for hydroxylation is 3. The molecule has 1 N–H and O–H groups in total. The van der Waals surface area contributed by atoms with Crippen LogP contribution in [0.4, 0.5) is 5.69 Å². The fourth-order valence-electron chi connectivity index (χ4n) is 4.63. The molecule has 0 bridgehead atoms. The van der Waals surface area contributed by atoms with Crippen molar-refractivity contribution < 1.29 is 4.79 Å². The zero-order valence-corrected chi connectivity index (χ0v) is 21.7. The largest absolute Gasteiger partial charge is 0.336 e. The second kappa shape index (κ2) is 10.3. The summed E-state index contributed by atoms with van der Waals surface area (Å²) in [6, 6.07) is 28.0. The van der Waals surface area contributed by atoms with Gasteiger partial charge in [0.1, 0.15) is 0 Å². The van der Waals surface area contributed by atoms with E-state index in [0.717, 1.165) is 33.5 Å². The van der Waals surface area contributed by atoms with E-state index in [4.69, 9.17) is 0 Å². The van der Waals surface area contributed by atoms with Gasteiger partial charge < -0.3 is 5.32 Å². The summed E-state index contributed by atoms with van der Waals surface area (Å²) in [6.45, 7) is 6.38. The molecule has 0 spiro atoms. The molecule has 6 nitrogen and oxygen atoms in total. The van der Waals surface area contributed by atoms with Gasteiger partial charge in [0.15, 0.2) is 0 Å². The number of para-hydroxylation sites is 1. The highest BCUT2D eigenvalue weighted by Gasteiger charge is 2.16. The van der Waals surface area contributed by atoms with Gasteiger partial charge in [0.05, 0.1) is 29.6 Å². The first kappa shape index (κ1) is 25.0. The molecule has 190 valence electrons. The fourth-order valence-corrected chi connectivity index (χ4v) is 4.63. The van der Waals surface area contributed by atoms with Crippen LogP contribution in [0.3, 0.4) is 0 Å². The van der Waals surface area contributed by atoms with E-state index in [1.807, 2.05) is 69.3 Å². The van der Waals surface area contributed by atoms with Crippen molar-refractivity contribution in [2.45, 2.75) is 33.7 Å². The van der Waals surface area contributed by atoms with E-state index in [1.54, 1.807) is 41.0 Å². The second-order valence-corrected chi connectivity index (χ2v) is 9.71. The Kier molecular flexibility index (Phi) is 6.79. The van der Waals surface area contributed by atoms with Crippen LogP contribution in [0.15, 0.2) is 101 Å². The van der Waals surface area contributed by atoms with Crippen LogP contribution < -0.4 is 16.6 Å². The first-order valence-electron chi connectivity index (χ1n) is 12.6. The summed E-state index contributed by atoms with van der Waals surface area (Å²) >= 11 is 0. The number of hydrogen-bond acceptors (Lipinski definition) is 3. The van der Waals surface area contributed by atoms with Crippen LogP contribution in [0, 0.1) is 20.8 Å². The lowest BCUT2D eigenvalue weighted by Gasteiger charge is -2.16. The molecule has 5 rings (SSSR count). The highest BCUT2D eigenvalue weighted by molar-refractivity contribution is 5.92. The van der Waals surface area contributed by atoms with Gasteiger partial charge >= 0.3 is 5.69 Å². The summed E-state index contributed by atoms with van der Waals surface area (Å²) < 4.78 is 2.87. The molecule has 5 aromatic rings. The maximum absolute atomic E-state index is 13.8. The zero-order chi connectivity index (χ0) is 26.8. The van der Waals surface area contributed by atoms with Crippen LogP contribution in [0.25, 0.3) is 16.6 Å². The quantitative estimate of drug-likeness (QED) is 0.341. The van der Waals surface area contributed by atoms with Gasteiger partial charge in [0, 0.05) is 5.69 Å². The van der Waals surface area contributed by atoms with Crippen molar-refractivity contribution in [1.29, 1.82) is 0 Å². The number of fused-ring (bicyclic) bond motifs is 1. The Hall–Kier alpha value is -4.71. The van der Waals surface area contributed by atoms with Crippen LogP contribution in [0.2, 0.25) is 0 Å². The van der Waals surface area contributed by atoms with E-state index in [2.05, 4.69) is 11.4 Å². The molecule has 6 heteroatoms. The van der Waals surface area contributed by atoms with Gasteiger partial charge in [0.2, 0.25) is 5.91 Å². The summed E-state index contributed by atoms with van der Waals surface area (Å²) in [5.74, 6) is -0.139. The minimum Gasteiger partial charge on any atom is -0.326 e.